The van der Waals surface area contributed by atoms with Gasteiger partial charge in [-0.3, -0.25) is 10.1 Å². The van der Waals surface area contributed by atoms with Crippen LogP contribution >= 0.6 is 0 Å². The van der Waals surface area contributed by atoms with Crippen LogP contribution in [-0.4, -0.2) is 25.7 Å². The van der Waals surface area contributed by atoms with Gasteiger partial charge in [0.05, 0.1) is 6.54 Å². The van der Waals surface area contributed by atoms with Gasteiger partial charge < -0.3 is 10.1 Å². The first kappa shape index (κ1) is 20.5. The lowest BCUT2D eigenvalue weighted by Gasteiger charge is -2.38. The molecule has 1 saturated heterocycles. The smallest absolute Gasteiger partial charge is 0.238 e. The minimum Gasteiger partial charge on any atom is -0.381 e. The molecular formula is C23H29FN2O2. The van der Waals surface area contributed by atoms with Gasteiger partial charge in [-0.25, -0.2) is 4.39 Å². The van der Waals surface area contributed by atoms with Crippen LogP contribution in [0.3, 0.4) is 0 Å². The Kier molecular flexibility index (Phi) is 6.81. The van der Waals surface area contributed by atoms with Gasteiger partial charge >= 0.3 is 0 Å². The molecule has 0 radical (unpaired) electrons. The van der Waals surface area contributed by atoms with Crippen LogP contribution in [0.2, 0.25) is 0 Å². The molecule has 0 spiro atoms. The Morgan fingerprint density at radius 2 is 1.75 bits per heavy atom. The third-order valence-corrected chi connectivity index (χ3v) is 5.71. The van der Waals surface area contributed by atoms with Crippen molar-refractivity contribution in [3.05, 3.63) is 65.5 Å². The Hall–Kier alpha value is -2.24. The predicted molar refractivity (Wildman–Crippen MR) is 110 cm³/mol. The first-order chi connectivity index (χ1) is 13.5. The second-order valence-electron chi connectivity index (χ2n) is 7.53. The van der Waals surface area contributed by atoms with Gasteiger partial charge in [0.15, 0.2) is 0 Å². The molecule has 28 heavy (non-hydrogen) atoms. The van der Waals surface area contributed by atoms with E-state index in [1.807, 2.05) is 12.1 Å². The van der Waals surface area contributed by atoms with Crippen molar-refractivity contribution in [1.82, 2.24) is 5.32 Å². The van der Waals surface area contributed by atoms with Crippen LogP contribution in [0.4, 0.5) is 10.1 Å². The molecule has 2 aromatic carbocycles. The summed E-state index contributed by atoms with van der Waals surface area (Å²) >= 11 is 0. The number of hydrogen-bond acceptors (Lipinski definition) is 3. The van der Waals surface area contributed by atoms with Gasteiger partial charge in [-0.1, -0.05) is 38.1 Å². The molecule has 0 saturated carbocycles. The third-order valence-electron chi connectivity index (χ3n) is 5.71. The predicted octanol–water partition coefficient (Wildman–Crippen LogP) is 4.57. The molecule has 3 rings (SSSR count). The fourth-order valence-corrected chi connectivity index (χ4v) is 3.64. The number of ether oxygens (including phenoxy) is 1. The number of carbonyl (C=O) groups is 1. The van der Waals surface area contributed by atoms with E-state index in [1.54, 1.807) is 12.1 Å². The third kappa shape index (κ3) is 4.97. The summed E-state index contributed by atoms with van der Waals surface area (Å²) in [5.41, 5.74) is 2.68. The zero-order valence-corrected chi connectivity index (χ0v) is 16.6. The van der Waals surface area contributed by atoms with Crippen molar-refractivity contribution in [3.63, 3.8) is 0 Å². The van der Waals surface area contributed by atoms with E-state index in [0.29, 0.717) is 19.1 Å². The monoisotopic (exact) mass is 384 g/mol. The molecule has 4 nitrogen and oxygen atoms in total. The van der Waals surface area contributed by atoms with E-state index in [9.17, 15) is 9.18 Å². The Morgan fingerprint density at radius 3 is 2.36 bits per heavy atom. The number of amides is 1. The van der Waals surface area contributed by atoms with Crippen molar-refractivity contribution < 1.29 is 13.9 Å². The second-order valence-corrected chi connectivity index (χ2v) is 7.53. The van der Waals surface area contributed by atoms with E-state index in [4.69, 9.17) is 4.74 Å². The zero-order chi connectivity index (χ0) is 20.0. The molecule has 1 aliphatic heterocycles. The van der Waals surface area contributed by atoms with E-state index in [0.717, 1.165) is 30.5 Å². The quantitative estimate of drug-likeness (QED) is 0.735. The van der Waals surface area contributed by atoms with Crippen LogP contribution < -0.4 is 10.6 Å². The Morgan fingerprint density at radius 1 is 1.11 bits per heavy atom. The van der Waals surface area contributed by atoms with Crippen LogP contribution in [0.5, 0.6) is 0 Å². The highest BCUT2D eigenvalue weighted by molar-refractivity contribution is 5.92. The molecule has 0 aromatic heterocycles. The minimum atomic E-state index is -0.371. The van der Waals surface area contributed by atoms with E-state index in [2.05, 4.69) is 36.6 Å². The number of benzene rings is 2. The number of anilines is 1. The molecule has 1 atom stereocenters. The molecule has 2 aromatic rings. The molecule has 1 fully saturated rings. The van der Waals surface area contributed by atoms with Gasteiger partial charge in [-0.05, 0) is 60.6 Å². The van der Waals surface area contributed by atoms with Gasteiger partial charge in [0.25, 0.3) is 0 Å². The normalized spacial score (nSPS) is 17.1. The molecule has 1 heterocycles. The average molecular weight is 384 g/mol. The Labute approximate surface area is 166 Å². The number of nitrogens with one attached hydrogen (secondary N) is 2. The van der Waals surface area contributed by atoms with Crippen LogP contribution in [0.25, 0.3) is 0 Å². The van der Waals surface area contributed by atoms with Crippen molar-refractivity contribution in [3.8, 4) is 0 Å². The molecule has 2 N–H and O–H groups in total. The standard InChI is InChI=1S/C23H29FN2O2/c1-3-17(2)18-4-10-21(11-5-18)26-22(27)16-25-23(12-14-28-15-13-23)19-6-8-20(24)9-7-19/h4-11,17,25H,3,12-16H2,1-2H3,(H,26,27). The molecule has 0 aliphatic carbocycles. The molecule has 1 amide bonds. The summed E-state index contributed by atoms with van der Waals surface area (Å²) in [6, 6.07) is 14.5. The molecule has 1 aliphatic rings. The lowest BCUT2D eigenvalue weighted by molar-refractivity contribution is -0.116. The van der Waals surface area contributed by atoms with E-state index < -0.39 is 0 Å². The lowest BCUT2D eigenvalue weighted by Crippen LogP contribution is -2.49. The number of halogens is 1. The summed E-state index contributed by atoms with van der Waals surface area (Å²) in [4.78, 5) is 12.5. The van der Waals surface area contributed by atoms with Crippen LogP contribution in [0.15, 0.2) is 48.5 Å². The van der Waals surface area contributed by atoms with Crippen LogP contribution in [-0.2, 0) is 15.1 Å². The highest BCUT2D eigenvalue weighted by Crippen LogP contribution is 2.32. The minimum absolute atomic E-state index is 0.0933. The second kappa shape index (κ2) is 9.30. The summed E-state index contributed by atoms with van der Waals surface area (Å²) in [5.74, 6) is 0.157. The van der Waals surface area contributed by atoms with Crippen LogP contribution in [0, 0.1) is 5.82 Å². The van der Waals surface area contributed by atoms with Gasteiger partial charge in [0.1, 0.15) is 5.82 Å². The average Bonchev–Trinajstić information content (AvgIpc) is 2.73. The maximum atomic E-state index is 13.3. The van der Waals surface area contributed by atoms with E-state index >= 15 is 0 Å². The van der Waals surface area contributed by atoms with E-state index in [-0.39, 0.29) is 23.8 Å². The summed E-state index contributed by atoms with van der Waals surface area (Å²) < 4.78 is 18.8. The van der Waals surface area contributed by atoms with Gasteiger partial charge in [0, 0.05) is 24.4 Å². The van der Waals surface area contributed by atoms with Crippen molar-refractivity contribution in [1.29, 1.82) is 0 Å². The molecule has 0 bridgehead atoms. The highest BCUT2D eigenvalue weighted by Gasteiger charge is 2.34. The maximum absolute atomic E-state index is 13.3. The Balaban J connectivity index is 1.63. The summed E-state index contributed by atoms with van der Waals surface area (Å²) in [5, 5.41) is 6.37. The van der Waals surface area contributed by atoms with Gasteiger partial charge in [-0.2, -0.15) is 0 Å². The van der Waals surface area contributed by atoms with Crippen molar-refractivity contribution >= 4 is 11.6 Å². The molecule has 150 valence electrons. The molecular weight excluding hydrogens is 355 g/mol. The van der Waals surface area contributed by atoms with Gasteiger partial charge in [-0.15, -0.1) is 0 Å². The first-order valence-corrected chi connectivity index (χ1v) is 10.0. The Bertz CT molecular complexity index is 768. The fourth-order valence-electron chi connectivity index (χ4n) is 3.64. The number of carbonyl (C=O) groups excluding carboxylic acids is 1. The number of hydrogen-bond donors (Lipinski definition) is 2. The fraction of sp³-hybridized carbons (Fsp3) is 0.435. The van der Waals surface area contributed by atoms with E-state index in [1.165, 1.54) is 17.7 Å². The van der Waals surface area contributed by atoms with Gasteiger partial charge in [0.2, 0.25) is 5.91 Å². The molecule has 5 heteroatoms. The summed E-state index contributed by atoms with van der Waals surface area (Å²) in [6.45, 7) is 5.77. The van der Waals surface area contributed by atoms with Crippen molar-refractivity contribution in [2.45, 2.75) is 44.6 Å². The largest absolute Gasteiger partial charge is 0.381 e. The molecule has 1 unspecified atom stereocenters. The SMILES string of the molecule is CCC(C)c1ccc(NC(=O)CNC2(c3ccc(F)cc3)CCOCC2)cc1. The summed E-state index contributed by atoms with van der Waals surface area (Å²) in [6.07, 6.45) is 2.58. The number of rotatable bonds is 7. The zero-order valence-electron chi connectivity index (χ0n) is 16.6. The van der Waals surface area contributed by atoms with Crippen molar-refractivity contribution in [2.75, 3.05) is 25.1 Å². The van der Waals surface area contributed by atoms with Crippen LogP contribution in [0.1, 0.15) is 50.2 Å². The maximum Gasteiger partial charge on any atom is 0.238 e. The highest BCUT2D eigenvalue weighted by atomic mass is 19.1. The topological polar surface area (TPSA) is 50.4 Å². The lowest BCUT2D eigenvalue weighted by atomic mass is 9.82. The first-order valence-electron chi connectivity index (χ1n) is 10.0. The summed E-state index contributed by atoms with van der Waals surface area (Å²) in [7, 11) is 0. The van der Waals surface area contributed by atoms with Crippen molar-refractivity contribution in [2.24, 2.45) is 0 Å².